The molecule has 2 saturated heterocycles. The van der Waals surface area contributed by atoms with Crippen molar-refractivity contribution in [3.63, 3.8) is 0 Å². The van der Waals surface area contributed by atoms with Gasteiger partial charge in [-0.1, -0.05) is 0 Å². The molecule has 0 aromatic heterocycles. The Bertz CT molecular complexity index is 213. The van der Waals surface area contributed by atoms with Crippen molar-refractivity contribution in [2.75, 3.05) is 6.54 Å². The molecular formula is C9H15NO2. The van der Waals surface area contributed by atoms with Crippen LogP contribution < -0.4 is 0 Å². The largest absolute Gasteiger partial charge is 0.441 e. The van der Waals surface area contributed by atoms with Gasteiger partial charge in [0.25, 0.3) is 0 Å². The Morgan fingerprint density at radius 2 is 2.25 bits per heavy atom. The smallest absolute Gasteiger partial charge is 0.410 e. The highest BCUT2D eigenvalue weighted by Crippen LogP contribution is 2.35. The molecule has 2 heterocycles. The molecule has 12 heavy (non-hydrogen) atoms. The summed E-state index contributed by atoms with van der Waals surface area (Å²) in [5.74, 6) is 0. The Morgan fingerprint density at radius 3 is 2.92 bits per heavy atom. The van der Waals surface area contributed by atoms with Crippen molar-refractivity contribution in [3.05, 3.63) is 0 Å². The highest BCUT2D eigenvalue weighted by atomic mass is 16.6. The lowest BCUT2D eigenvalue weighted by Gasteiger charge is -2.32. The van der Waals surface area contributed by atoms with Crippen LogP contribution in [0.25, 0.3) is 0 Å². The summed E-state index contributed by atoms with van der Waals surface area (Å²) in [6, 6.07) is 0.318. The third kappa shape index (κ3) is 0.993. The average molecular weight is 169 g/mol. The summed E-state index contributed by atoms with van der Waals surface area (Å²) in [4.78, 5) is 13.2. The third-order valence-corrected chi connectivity index (χ3v) is 2.89. The first-order valence-electron chi connectivity index (χ1n) is 4.61. The molecule has 2 rings (SSSR count). The number of carbonyl (C=O) groups is 1. The lowest BCUT2D eigenvalue weighted by molar-refractivity contribution is 0.0627. The number of amides is 1. The van der Waals surface area contributed by atoms with Gasteiger partial charge in [0.15, 0.2) is 0 Å². The van der Waals surface area contributed by atoms with Crippen LogP contribution in [0.1, 0.15) is 33.1 Å². The highest BCUT2D eigenvalue weighted by Gasteiger charge is 2.48. The maximum absolute atomic E-state index is 11.3. The summed E-state index contributed by atoms with van der Waals surface area (Å²) in [6.45, 7) is 4.88. The van der Waals surface area contributed by atoms with Crippen LogP contribution >= 0.6 is 0 Å². The molecule has 0 radical (unpaired) electrons. The quantitative estimate of drug-likeness (QED) is 0.553. The molecule has 0 saturated carbocycles. The van der Waals surface area contributed by atoms with Crippen LogP contribution in [0.5, 0.6) is 0 Å². The second-order valence-electron chi connectivity index (χ2n) is 4.18. The Kier molecular flexibility index (Phi) is 1.56. The second-order valence-corrected chi connectivity index (χ2v) is 4.18. The van der Waals surface area contributed by atoms with Gasteiger partial charge in [-0.3, -0.25) is 0 Å². The zero-order valence-electron chi connectivity index (χ0n) is 7.67. The number of piperidine rings is 1. The van der Waals surface area contributed by atoms with Gasteiger partial charge in [-0.15, -0.1) is 0 Å². The average Bonchev–Trinajstić information content (AvgIpc) is 2.25. The monoisotopic (exact) mass is 169 g/mol. The predicted molar refractivity (Wildman–Crippen MR) is 44.9 cm³/mol. The molecule has 0 aromatic carbocycles. The Balaban J connectivity index is 2.22. The first-order chi connectivity index (χ1) is 5.61. The maximum atomic E-state index is 11.3. The van der Waals surface area contributed by atoms with Crippen LogP contribution in [0.15, 0.2) is 0 Å². The van der Waals surface area contributed by atoms with Crippen molar-refractivity contribution in [1.82, 2.24) is 4.90 Å². The van der Waals surface area contributed by atoms with E-state index in [-0.39, 0.29) is 11.7 Å². The van der Waals surface area contributed by atoms with E-state index in [1.807, 2.05) is 18.7 Å². The van der Waals surface area contributed by atoms with E-state index in [2.05, 4.69) is 0 Å². The van der Waals surface area contributed by atoms with E-state index >= 15 is 0 Å². The number of ether oxygens (including phenoxy) is 1. The highest BCUT2D eigenvalue weighted by molar-refractivity contribution is 5.71. The number of cyclic esters (lactones) is 1. The van der Waals surface area contributed by atoms with Crippen LogP contribution in [0, 0.1) is 0 Å². The minimum absolute atomic E-state index is 0.121. The fraction of sp³-hybridized carbons (Fsp3) is 0.889. The van der Waals surface area contributed by atoms with Gasteiger partial charge in [-0.05, 0) is 33.1 Å². The fourth-order valence-electron chi connectivity index (χ4n) is 2.22. The Labute approximate surface area is 72.7 Å². The third-order valence-electron chi connectivity index (χ3n) is 2.89. The van der Waals surface area contributed by atoms with E-state index in [1.165, 1.54) is 6.42 Å². The van der Waals surface area contributed by atoms with Gasteiger partial charge in [-0.2, -0.15) is 0 Å². The molecule has 3 heteroatoms. The van der Waals surface area contributed by atoms with Gasteiger partial charge in [-0.25, -0.2) is 4.79 Å². The van der Waals surface area contributed by atoms with Gasteiger partial charge >= 0.3 is 6.09 Å². The van der Waals surface area contributed by atoms with Crippen molar-refractivity contribution in [3.8, 4) is 0 Å². The van der Waals surface area contributed by atoms with E-state index in [0.29, 0.717) is 6.04 Å². The van der Waals surface area contributed by atoms with Crippen molar-refractivity contribution in [2.45, 2.75) is 44.8 Å². The molecule has 0 aliphatic carbocycles. The molecule has 68 valence electrons. The minimum Gasteiger partial charge on any atom is -0.441 e. The molecular weight excluding hydrogens is 154 g/mol. The normalized spacial score (nSPS) is 33.0. The van der Waals surface area contributed by atoms with Gasteiger partial charge < -0.3 is 9.64 Å². The standard InChI is InChI=1S/C9H15NO2/c1-9(2)7-5-3-4-6-10(7)8(11)12-9/h7H,3-6H2,1-2H3. The summed E-state index contributed by atoms with van der Waals surface area (Å²) in [5.41, 5.74) is -0.266. The molecule has 0 N–H and O–H groups in total. The summed E-state index contributed by atoms with van der Waals surface area (Å²) >= 11 is 0. The van der Waals surface area contributed by atoms with Crippen molar-refractivity contribution < 1.29 is 9.53 Å². The number of fused-ring (bicyclic) bond motifs is 1. The molecule has 2 fully saturated rings. The molecule has 1 atom stereocenters. The number of hydrogen-bond donors (Lipinski definition) is 0. The van der Waals surface area contributed by atoms with Crippen LogP contribution in [0.2, 0.25) is 0 Å². The number of hydrogen-bond acceptors (Lipinski definition) is 2. The molecule has 2 aliphatic rings. The first kappa shape index (κ1) is 7.90. The summed E-state index contributed by atoms with van der Waals surface area (Å²) < 4.78 is 5.28. The van der Waals surface area contributed by atoms with E-state index < -0.39 is 0 Å². The van der Waals surface area contributed by atoms with Crippen LogP contribution in [-0.4, -0.2) is 29.2 Å². The summed E-state index contributed by atoms with van der Waals surface area (Å²) in [5, 5.41) is 0. The van der Waals surface area contributed by atoms with Gasteiger partial charge in [0.1, 0.15) is 5.60 Å². The van der Waals surface area contributed by atoms with E-state index in [4.69, 9.17) is 4.74 Å². The van der Waals surface area contributed by atoms with E-state index in [0.717, 1.165) is 19.4 Å². The van der Waals surface area contributed by atoms with E-state index in [9.17, 15) is 4.79 Å². The lowest BCUT2D eigenvalue weighted by atomic mass is 9.91. The number of nitrogens with zero attached hydrogens (tertiary/aromatic N) is 1. The molecule has 1 amide bonds. The second kappa shape index (κ2) is 2.38. The number of rotatable bonds is 0. The lowest BCUT2D eigenvalue weighted by Crippen LogP contribution is -2.44. The van der Waals surface area contributed by atoms with Crippen molar-refractivity contribution in [2.24, 2.45) is 0 Å². The van der Waals surface area contributed by atoms with Gasteiger partial charge in [0.05, 0.1) is 6.04 Å². The fourth-order valence-corrected chi connectivity index (χ4v) is 2.22. The molecule has 2 aliphatic heterocycles. The molecule has 1 unspecified atom stereocenters. The molecule has 3 nitrogen and oxygen atoms in total. The Morgan fingerprint density at radius 1 is 1.50 bits per heavy atom. The summed E-state index contributed by atoms with van der Waals surface area (Å²) in [6.07, 6.45) is 3.33. The van der Waals surface area contributed by atoms with Crippen LogP contribution in [0.4, 0.5) is 4.79 Å². The van der Waals surface area contributed by atoms with Crippen LogP contribution in [-0.2, 0) is 4.74 Å². The first-order valence-corrected chi connectivity index (χ1v) is 4.61. The van der Waals surface area contributed by atoms with E-state index in [1.54, 1.807) is 0 Å². The Hall–Kier alpha value is -0.730. The van der Waals surface area contributed by atoms with Gasteiger partial charge in [0, 0.05) is 6.54 Å². The van der Waals surface area contributed by atoms with Crippen LogP contribution in [0.3, 0.4) is 0 Å². The topological polar surface area (TPSA) is 29.5 Å². The van der Waals surface area contributed by atoms with Gasteiger partial charge in [0.2, 0.25) is 0 Å². The molecule has 0 bridgehead atoms. The maximum Gasteiger partial charge on any atom is 0.410 e. The molecule has 0 spiro atoms. The van der Waals surface area contributed by atoms with Crippen molar-refractivity contribution >= 4 is 6.09 Å². The molecule has 0 aromatic rings. The zero-order chi connectivity index (χ0) is 8.77. The number of carbonyl (C=O) groups excluding carboxylic acids is 1. The summed E-state index contributed by atoms with van der Waals surface area (Å²) in [7, 11) is 0. The zero-order valence-corrected chi connectivity index (χ0v) is 7.67. The SMILES string of the molecule is CC1(C)OC(=O)N2CCCCC21. The minimum atomic E-state index is -0.266. The van der Waals surface area contributed by atoms with Crippen molar-refractivity contribution in [1.29, 1.82) is 0 Å². The predicted octanol–water partition coefficient (Wildman–Crippen LogP) is 1.77.